The van der Waals surface area contributed by atoms with Crippen LogP contribution in [-0.2, 0) is 17.8 Å². The fourth-order valence-electron chi connectivity index (χ4n) is 4.20. The number of hydrogen-bond acceptors (Lipinski definition) is 5. The van der Waals surface area contributed by atoms with E-state index in [-0.39, 0.29) is 22.0 Å². The summed E-state index contributed by atoms with van der Waals surface area (Å²) in [5.74, 6) is -0.969. The number of rotatable bonds is 9. The standard InChI is InChI=1S/C28H27Cl2N3O4/c1-37-22-9-5-18(6-10-22)17-33-13-11-19(12-14-33)20-7-8-21(31-16-20)15-25(28(35)36)32-27(34)26-23(29)3-2-4-24(26)30/h2-11,16,25H,12-15,17H2,1H3,(H,32,34)(H,35,36)/t25-/m0/s1. The van der Waals surface area contributed by atoms with Gasteiger partial charge in [0.05, 0.1) is 22.7 Å². The smallest absolute Gasteiger partial charge is 0.326 e. The number of halogens is 2. The van der Waals surface area contributed by atoms with Crippen LogP contribution in [0.4, 0.5) is 0 Å². The lowest BCUT2D eigenvalue weighted by atomic mass is 10.00. The highest BCUT2D eigenvalue weighted by Crippen LogP contribution is 2.25. The largest absolute Gasteiger partial charge is 0.497 e. The van der Waals surface area contributed by atoms with Crippen LogP contribution < -0.4 is 10.1 Å². The van der Waals surface area contributed by atoms with Crippen LogP contribution in [0.1, 0.15) is 33.6 Å². The average Bonchev–Trinajstić information content (AvgIpc) is 2.89. The summed E-state index contributed by atoms with van der Waals surface area (Å²) in [6.45, 7) is 2.63. The van der Waals surface area contributed by atoms with E-state index in [9.17, 15) is 14.7 Å². The summed E-state index contributed by atoms with van der Waals surface area (Å²) in [4.78, 5) is 31.3. The van der Waals surface area contributed by atoms with Crippen LogP contribution in [0.5, 0.6) is 5.75 Å². The van der Waals surface area contributed by atoms with Crippen LogP contribution in [0.2, 0.25) is 10.0 Å². The molecule has 0 radical (unpaired) electrons. The van der Waals surface area contributed by atoms with E-state index in [1.807, 2.05) is 18.2 Å². The second-order valence-electron chi connectivity index (χ2n) is 8.77. The van der Waals surface area contributed by atoms with Gasteiger partial charge in [-0.15, -0.1) is 0 Å². The molecule has 0 saturated heterocycles. The monoisotopic (exact) mass is 539 g/mol. The Kier molecular flexibility index (Phi) is 8.82. The summed E-state index contributed by atoms with van der Waals surface area (Å²) in [5.41, 5.74) is 4.05. The summed E-state index contributed by atoms with van der Waals surface area (Å²) in [5, 5.41) is 12.5. The van der Waals surface area contributed by atoms with E-state index in [4.69, 9.17) is 27.9 Å². The topological polar surface area (TPSA) is 91.8 Å². The fourth-order valence-corrected chi connectivity index (χ4v) is 4.76. The number of hydrogen-bond donors (Lipinski definition) is 2. The number of carboxylic acid groups (broad SMARTS) is 1. The predicted octanol–water partition coefficient (Wildman–Crippen LogP) is 5.11. The van der Waals surface area contributed by atoms with Gasteiger partial charge in [-0.1, -0.05) is 53.5 Å². The average molecular weight is 540 g/mol. The van der Waals surface area contributed by atoms with Gasteiger partial charge in [-0.3, -0.25) is 14.7 Å². The first-order chi connectivity index (χ1) is 17.8. The number of nitrogens with one attached hydrogen (secondary N) is 1. The molecule has 0 saturated carbocycles. The van der Waals surface area contributed by atoms with Gasteiger partial charge in [0.1, 0.15) is 11.8 Å². The molecule has 0 unspecified atom stereocenters. The lowest BCUT2D eigenvalue weighted by Gasteiger charge is -2.26. The van der Waals surface area contributed by atoms with Crippen molar-refractivity contribution in [2.75, 3.05) is 20.2 Å². The summed E-state index contributed by atoms with van der Waals surface area (Å²) in [7, 11) is 1.66. The summed E-state index contributed by atoms with van der Waals surface area (Å²) in [6, 6.07) is 15.3. The minimum Gasteiger partial charge on any atom is -0.497 e. The zero-order valence-corrected chi connectivity index (χ0v) is 21.8. The van der Waals surface area contributed by atoms with Crippen molar-refractivity contribution in [2.24, 2.45) is 0 Å². The van der Waals surface area contributed by atoms with Gasteiger partial charge in [-0.25, -0.2) is 4.79 Å². The van der Waals surface area contributed by atoms with Crippen molar-refractivity contribution in [3.63, 3.8) is 0 Å². The predicted molar refractivity (Wildman–Crippen MR) is 144 cm³/mol. The van der Waals surface area contributed by atoms with E-state index in [2.05, 4.69) is 33.4 Å². The van der Waals surface area contributed by atoms with Gasteiger partial charge in [0.25, 0.3) is 5.91 Å². The number of nitrogens with zero attached hydrogens (tertiary/aromatic N) is 2. The number of carboxylic acids is 1. The number of benzene rings is 2. The Morgan fingerprint density at radius 2 is 1.84 bits per heavy atom. The summed E-state index contributed by atoms with van der Waals surface area (Å²) >= 11 is 12.2. The first-order valence-electron chi connectivity index (χ1n) is 11.8. The van der Waals surface area contributed by atoms with Gasteiger partial charge < -0.3 is 15.2 Å². The minimum absolute atomic E-state index is 0.0259. The maximum Gasteiger partial charge on any atom is 0.326 e. The van der Waals surface area contributed by atoms with Crippen molar-refractivity contribution in [1.82, 2.24) is 15.2 Å². The molecule has 192 valence electrons. The third-order valence-electron chi connectivity index (χ3n) is 6.26. The molecule has 2 heterocycles. The molecule has 0 bridgehead atoms. The highest BCUT2D eigenvalue weighted by atomic mass is 35.5. The van der Waals surface area contributed by atoms with Crippen LogP contribution in [0.3, 0.4) is 0 Å². The molecule has 0 spiro atoms. The maximum atomic E-state index is 12.6. The lowest BCUT2D eigenvalue weighted by molar-refractivity contribution is -0.139. The normalized spacial score (nSPS) is 14.5. The van der Waals surface area contributed by atoms with E-state index in [1.165, 1.54) is 23.3 Å². The van der Waals surface area contributed by atoms with Crippen molar-refractivity contribution in [3.05, 3.63) is 99.3 Å². The van der Waals surface area contributed by atoms with E-state index in [0.717, 1.165) is 37.4 Å². The van der Waals surface area contributed by atoms with Crippen LogP contribution in [0, 0.1) is 0 Å². The van der Waals surface area contributed by atoms with Gasteiger partial charge in [-0.05, 0) is 53.5 Å². The maximum absolute atomic E-state index is 12.6. The quantitative estimate of drug-likeness (QED) is 0.392. The van der Waals surface area contributed by atoms with Gasteiger partial charge >= 0.3 is 5.97 Å². The van der Waals surface area contributed by atoms with Crippen LogP contribution in [0.25, 0.3) is 5.57 Å². The molecule has 1 aliphatic heterocycles. The number of carbonyl (C=O) groups excluding carboxylic acids is 1. The fraction of sp³-hybridized carbons (Fsp3) is 0.250. The first-order valence-corrected chi connectivity index (χ1v) is 12.6. The second-order valence-corrected chi connectivity index (χ2v) is 9.58. The Balaban J connectivity index is 1.36. The van der Waals surface area contributed by atoms with E-state index < -0.39 is 17.9 Å². The number of carbonyl (C=O) groups is 2. The number of aliphatic carboxylic acids is 1. The molecule has 9 heteroatoms. The van der Waals surface area contributed by atoms with Crippen molar-refractivity contribution < 1.29 is 19.4 Å². The first kappa shape index (κ1) is 26.7. The molecule has 37 heavy (non-hydrogen) atoms. The van der Waals surface area contributed by atoms with E-state index >= 15 is 0 Å². The number of pyridine rings is 1. The Hall–Kier alpha value is -3.39. The molecule has 1 atom stereocenters. The van der Waals surface area contributed by atoms with Gasteiger partial charge in [0.2, 0.25) is 0 Å². The molecule has 0 fully saturated rings. The van der Waals surface area contributed by atoms with Crippen molar-refractivity contribution in [2.45, 2.75) is 25.4 Å². The van der Waals surface area contributed by atoms with Gasteiger partial charge in [0, 0.05) is 37.9 Å². The SMILES string of the molecule is COc1ccc(CN2CC=C(c3ccc(C[C@H](NC(=O)c4c(Cl)cccc4Cl)C(=O)O)nc3)CC2)cc1. The zero-order chi connectivity index (χ0) is 26.4. The number of amides is 1. The van der Waals surface area contributed by atoms with Crippen molar-refractivity contribution in [3.8, 4) is 5.75 Å². The molecular formula is C28H27Cl2N3O4. The highest BCUT2D eigenvalue weighted by molar-refractivity contribution is 6.39. The lowest BCUT2D eigenvalue weighted by Crippen LogP contribution is -2.42. The Bertz CT molecular complexity index is 1270. The molecule has 0 aliphatic carbocycles. The third kappa shape index (κ3) is 6.89. The number of aromatic nitrogens is 1. The Labute approximate surface area is 225 Å². The van der Waals surface area contributed by atoms with Crippen molar-refractivity contribution >= 4 is 40.7 Å². The van der Waals surface area contributed by atoms with E-state index in [1.54, 1.807) is 25.4 Å². The number of methoxy groups -OCH3 is 1. The molecule has 7 nitrogen and oxygen atoms in total. The molecular weight excluding hydrogens is 513 g/mol. The van der Waals surface area contributed by atoms with Crippen LogP contribution in [0.15, 0.2) is 66.9 Å². The summed E-state index contributed by atoms with van der Waals surface area (Å²) < 4.78 is 5.22. The summed E-state index contributed by atoms with van der Waals surface area (Å²) in [6.07, 6.45) is 4.88. The minimum atomic E-state index is -1.18. The highest BCUT2D eigenvalue weighted by Gasteiger charge is 2.24. The number of ether oxygens (including phenoxy) is 1. The van der Waals surface area contributed by atoms with Crippen LogP contribution in [-0.4, -0.2) is 53.1 Å². The zero-order valence-electron chi connectivity index (χ0n) is 20.3. The Morgan fingerprint density at radius 3 is 2.41 bits per heavy atom. The molecule has 2 aromatic carbocycles. The molecule has 1 aromatic heterocycles. The third-order valence-corrected chi connectivity index (χ3v) is 6.89. The molecule has 4 rings (SSSR count). The van der Waals surface area contributed by atoms with Crippen molar-refractivity contribution in [1.29, 1.82) is 0 Å². The Morgan fingerprint density at radius 1 is 1.11 bits per heavy atom. The van der Waals surface area contributed by atoms with Crippen LogP contribution >= 0.6 is 23.2 Å². The molecule has 1 amide bonds. The van der Waals surface area contributed by atoms with Gasteiger partial charge in [-0.2, -0.15) is 0 Å². The molecule has 2 N–H and O–H groups in total. The molecule has 3 aromatic rings. The molecule has 1 aliphatic rings. The van der Waals surface area contributed by atoms with E-state index in [0.29, 0.717) is 5.69 Å². The second kappa shape index (κ2) is 12.2. The van der Waals surface area contributed by atoms with Gasteiger partial charge in [0.15, 0.2) is 0 Å².